The van der Waals surface area contributed by atoms with Gasteiger partial charge >= 0.3 is 7.12 Å². The number of nitrogens with two attached hydrogens (primary N) is 2. The fourth-order valence-corrected chi connectivity index (χ4v) is 5.83. The molecule has 0 unspecified atom stereocenters. The molecule has 0 saturated heterocycles. The zero-order chi connectivity index (χ0) is 36.9. The molecule has 14 heteroatoms. The van der Waals surface area contributed by atoms with E-state index in [9.17, 15) is 29.2 Å². The highest BCUT2D eigenvalue weighted by Crippen LogP contribution is 2.16. The standard InChI is InChI=1S/C37H48BN7O6/c1-24(2)19-31(35(47)42-30(15-9-10-18-39)37(49)45-33-17-16-28(38(50)51)22-27(33)23-41-45)44-36(48)32(21-26-13-7-4-8-14-26)43-34(46)29(40)20-25-11-5-3-6-12-25/h3-8,11-14,16-17,22-24,29-32,50-51H,9-10,15,18-21,39-40H2,1-2H3,(H,42,47)(H,43,46)(H,44,48)/t29-,30-,31-,32-/m1/s1. The summed E-state index contributed by atoms with van der Waals surface area (Å²) in [6, 6.07) is 19.1. The molecule has 9 N–H and O–H groups in total. The molecule has 0 aliphatic rings. The van der Waals surface area contributed by atoms with E-state index in [1.54, 1.807) is 6.07 Å². The molecule has 0 aliphatic carbocycles. The molecule has 0 aliphatic heterocycles. The van der Waals surface area contributed by atoms with Gasteiger partial charge in [0.1, 0.15) is 18.1 Å². The second-order valence-corrected chi connectivity index (χ2v) is 13.2. The van der Waals surface area contributed by atoms with Crippen LogP contribution in [0.3, 0.4) is 0 Å². The summed E-state index contributed by atoms with van der Waals surface area (Å²) in [4.78, 5) is 55.0. The number of hydrogen-bond donors (Lipinski definition) is 7. The lowest BCUT2D eigenvalue weighted by Gasteiger charge is -2.27. The van der Waals surface area contributed by atoms with E-state index >= 15 is 0 Å². The van der Waals surface area contributed by atoms with E-state index in [0.29, 0.717) is 30.3 Å². The van der Waals surface area contributed by atoms with Gasteiger partial charge < -0.3 is 37.5 Å². The van der Waals surface area contributed by atoms with Crippen LogP contribution in [0.25, 0.3) is 10.9 Å². The highest BCUT2D eigenvalue weighted by molar-refractivity contribution is 6.58. The Balaban J connectivity index is 1.54. The van der Waals surface area contributed by atoms with E-state index in [1.165, 1.54) is 23.0 Å². The van der Waals surface area contributed by atoms with Gasteiger partial charge in [-0.15, -0.1) is 0 Å². The fraction of sp³-hybridized carbons (Fsp3) is 0.378. The Morgan fingerprint density at radius 1 is 0.784 bits per heavy atom. The molecule has 0 saturated carbocycles. The number of aromatic nitrogens is 2. The maximum Gasteiger partial charge on any atom is 0.488 e. The van der Waals surface area contributed by atoms with Crippen LogP contribution in [-0.2, 0) is 27.2 Å². The van der Waals surface area contributed by atoms with Crippen molar-refractivity contribution in [1.29, 1.82) is 0 Å². The van der Waals surface area contributed by atoms with Crippen LogP contribution in [0.5, 0.6) is 0 Å². The summed E-state index contributed by atoms with van der Waals surface area (Å²) in [6.45, 7) is 4.23. The minimum absolute atomic E-state index is 0.0139. The lowest BCUT2D eigenvalue weighted by atomic mass is 9.80. The molecular weight excluding hydrogens is 649 g/mol. The van der Waals surface area contributed by atoms with Crippen molar-refractivity contribution in [1.82, 2.24) is 25.7 Å². The zero-order valence-corrected chi connectivity index (χ0v) is 29.1. The molecule has 3 aromatic carbocycles. The van der Waals surface area contributed by atoms with Gasteiger partial charge in [-0.25, -0.2) is 0 Å². The molecule has 270 valence electrons. The van der Waals surface area contributed by atoms with Gasteiger partial charge in [-0.3, -0.25) is 19.2 Å². The molecule has 13 nitrogen and oxygen atoms in total. The largest absolute Gasteiger partial charge is 0.488 e. The van der Waals surface area contributed by atoms with Crippen molar-refractivity contribution in [2.24, 2.45) is 17.4 Å². The summed E-state index contributed by atoms with van der Waals surface area (Å²) in [5.41, 5.74) is 14.3. The lowest BCUT2D eigenvalue weighted by molar-refractivity contribution is -0.132. The highest BCUT2D eigenvalue weighted by Gasteiger charge is 2.32. The minimum atomic E-state index is -1.68. The van der Waals surface area contributed by atoms with Gasteiger partial charge in [-0.05, 0) is 67.2 Å². The average Bonchev–Trinajstić information content (AvgIpc) is 3.54. The molecular formula is C37H48BN7O6. The number of benzene rings is 3. The van der Waals surface area contributed by atoms with Gasteiger partial charge in [0.2, 0.25) is 17.7 Å². The summed E-state index contributed by atoms with van der Waals surface area (Å²) >= 11 is 0. The Hall–Kier alpha value is -4.89. The molecule has 3 amide bonds. The number of amides is 3. The van der Waals surface area contributed by atoms with E-state index in [4.69, 9.17) is 11.5 Å². The van der Waals surface area contributed by atoms with Crippen LogP contribution in [0.4, 0.5) is 0 Å². The number of rotatable bonds is 18. The van der Waals surface area contributed by atoms with Crippen LogP contribution in [-0.4, -0.2) is 81.3 Å². The van der Waals surface area contributed by atoms with Gasteiger partial charge in [0, 0.05) is 11.8 Å². The Labute approximate surface area is 298 Å². The number of unbranched alkanes of at least 4 members (excludes halogenated alkanes) is 1. The fourth-order valence-electron chi connectivity index (χ4n) is 5.83. The van der Waals surface area contributed by atoms with E-state index in [2.05, 4.69) is 21.0 Å². The molecule has 4 rings (SSSR count). The molecule has 4 aromatic rings. The normalized spacial score (nSPS) is 13.6. The van der Waals surface area contributed by atoms with Crippen LogP contribution in [0.15, 0.2) is 85.1 Å². The first kappa shape index (κ1) is 38.9. The second kappa shape index (κ2) is 18.9. The SMILES string of the molecule is CC(C)C[C@@H](NC(=O)[C@@H](Cc1ccccc1)NC(=O)[C@H](N)Cc1ccccc1)C(=O)N[C@H](CCCCN)C(=O)n1ncc2cc(B(O)O)ccc21. The van der Waals surface area contributed by atoms with Gasteiger partial charge in [0.15, 0.2) is 0 Å². The predicted molar refractivity (Wildman–Crippen MR) is 197 cm³/mol. The minimum Gasteiger partial charge on any atom is -0.423 e. The summed E-state index contributed by atoms with van der Waals surface area (Å²) in [5, 5.41) is 32.4. The number of nitrogens with one attached hydrogen (secondary N) is 3. The molecule has 1 aromatic heterocycles. The molecule has 0 bridgehead atoms. The molecule has 1 heterocycles. The first-order valence-electron chi connectivity index (χ1n) is 17.3. The summed E-state index contributed by atoms with van der Waals surface area (Å²) in [7, 11) is -1.68. The second-order valence-electron chi connectivity index (χ2n) is 13.2. The van der Waals surface area contributed by atoms with Gasteiger partial charge in [0.25, 0.3) is 5.91 Å². The van der Waals surface area contributed by atoms with Crippen molar-refractivity contribution in [3.63, 3.8) is 0 Å². The van der Waals surface area contributed by atoms with Crippen molar-refractivity contribution < 1.29 is 29.2 Å². The number of nitrogens with zero attached hydrogens (tertiary/aromatic N) is 2. The third-order valence-corrected chi connectivity index (χ3v) is 8.55. The summed E-state index contributed by atoms with van der Waals surface area (Å²) < 4.78 is 1.18. The smallest absolute Gasteiger partial charge is 0.423 e. The number of fused-ring (bicyclic) bond motifs is 1. The Morgan fingerprint density at radius 2 is 1.37 bits per heavy atom. The van der Waals surface area contributed by atoms with Crippen LogP contribution in [0.2, 0.25) is 0 Å². The monoisotopic (exact) mass is 697 g/mol. The quantitative estimate of drug-likeness (QED) is 0.0578. The molecule has 4 atom stereocenters. The van der Waals surface area contributed by atoms with Crippen molar-refractivity contribution in [2.75, 3.05) is 6.54 Å². The Bertz CT molecular complexity index is 1750. The van der Waals surface area contributed by atoms with Crippen molar-refractivity contribution in [3.05, 3.63) is 96.2 Å². The van der Waals surface area contributed by atoms with Crippen LogP contribution in [0.1, 0.15) is 55.5 Å². The average molecular weight is 698 g/mol. The topological polar surface area (TPSA) is 215 Å². The molecule has 0 fully saturated rings. The van der Waals surface area contributed by atoms with E-state index in [-0.39, 0.29) is 37.1 Å². The zero-order valence-electron chi connectivity index (χ0n) is 29.1. The van der Waals surface area contributed by atoms with E-state index in [0.717, 1.165) is 11.1 Å². The predicted octanol–water partition coefficient (Wildman–Crippen LogP) is 0.799. The number of hydrogen-bond acceptors (Lipinski definition) is 9. The molecule has 0 radical (unpaired) electrons. The van der Waals surface area contributed by atoms with E-state index < -0.39 is 54.9 Å². The maximum absolute atomic E-state index is 13.9. The van der Waals surface area contributed by atoms with Crippen molar-refractivity contribution >= 4 is 47.1 Å². The highest BCUT2D eigenvalue weighted by atomic mass is 16.4. The van der Waals surface area contributed by atoms with Crippen molar-refractivity contribution in [2.45, 2.75) is 76.5 Å². The van der Waals surface area contributed by atoms with Crippen LogP contribution >= 0.6 is 0 Å². The molecule has 0 spiro atoms. The maximum atomic E-state index is 13.9. The van der Waals surface area contributed by atoms with Gasteiger partial charge in [-0.1, -0.05) is 86.6 Å². The van der Waals surface area contributed by atoms with Crippen LogP contribution < -0.4 is 32.9 Å². The summed E-state index contributed by atoms with van der Waals surface area (Å²) in [5.74, 6) is -2.14. The lowest BCUT2D eigenvalue weighted by Crippen LogP contribution is -2.58. The van der Waals surface area contributed by atoms with E-state index in [1.807, 2.05) is 74.5 Å². The first-order valence-corrected chi connectivity index (χ1v) is 17.3. The summed E-state index contributed by atoms with van der Waals surface area (Å²) in [6.07, 6.45) is 3.57. The Morgan fingerprint density at radius 3 is 1.98 bits per heavy atom. The third-order valence-electron chi connectivity index (χ3n) is 8.55. The molecule has 51 heavy (non-hydrogen) atoms. The van der Waals surface area contributed by atoms with Crippen molar-refractivity contribution in [3.8, 4) is 0 Å². The van der Waals surface area contributed by atoms with Crippen LogP contribution in [0, 0.1) is 5.92 Å². The number of carbonyl (C=O) groups excluding carboxylic acids is 4. The Kier molecular flexibility index (Phi) is 14.4. The third kappa shape index (κ3) is 11.3. The van der Waals surface area contributed by atoms with Gasteiger partial charge in [0.05, 0.1) is 17.8 Å². The number of carbonyl (C=O) groups is 4. The first-order chi connectivity index (χ1) is 24.5. The van der Waals surface area contributed by atoms with Gasteiger partial charge in [-0.2, -0.15) is 9.78 Å².